The first-order valence-corrected chi connectivity index (χ1v) is 13.6. The Morgan fingerprint density at radius 1 is 0.897 bits per heavy atom. The van der Waals surface area contributed by atoms with Gasteiger partial charge in [-0.25, -0.2) is 0 Å². The number of nitrogens with one attached hydrogen (secondary N) is 1. The summed E-state index contributed by atoms with van der Waals surface area (Å²) in [6, 6.07) is 29.4. The number of amides is 1. The molecular weight excluding hydrogens is 524 g/mol. The second kappa shape index (κ2) is 12.5. The summed E-state index contributed by atoms with van der Waals surface area (Å²) >= 11 is 7.85. The number of carbonyl (C=O) groups is 1. The zero-order valence-electron chi connectivity index (χ0n) is 21.3. The van der Waals surface area contributed by atoms with Crippen molar-refractivity contribution in [3.8, 4) is 23.7 Å². The van der Waals surface area contributed by atoms with Crippen LogP contribution in [0.2, 0.25) is 5.02 Å². The second-order valence-electron chi connectivity index (χ2n) is 8.75. The van der Waals surface area contributed by atoms with Gasteiger partial charge in [0.25, 0.3) is 5.91 Å². The predicted molar refractivity (Wildman–Crippen MR) is 159 cm³/mol. The van der Waals surface area contributed by atoms with Gasteiger partial charge in [-0.05, 0) is 48.0 Å². The standard InChI is InChI=1S/C33H25ClN2O2S/c1-38-20-19-35-33(37)31-29(18-16-25-11-6-3-7-12-25)32-30(36(31)23-26-13-8-14-27(34)21-26)22-28(39-32)17-15-24-9-4-2-5-10-24/h2-14,21-22H,19-20,23H2,1H3,(H,35,37). The lowest BCUT2D eigenvalue weighted by atomic mass is 10.1. The van der Waals surface area contributed by atoms with E-state index in [4.69, 9.17) is 16.3 Å². The number of thiophene rings is 1. The number of rotatable bonds is 6. The number of aromatic nitrogens is 1. The Bertz CT molecular complexity index is 1730. The molecule has 1 amide bonds. The molecule has 5 aromatic rings. The van der Waals surface area contributed by atoms with E-state index in [2.05, 4.69) is 29.0 Å². The average Bonchev–Trinajstić information content (AvgIpc) is 3.49. The fourth-order valence-electron chi connectivity index (χ4n) is 4.18. The molecule has 0 bridgehead atoms. The van der Waals surface area contributed by atoms with Crippen molar-refractivity contribution < 1.29 is 9.53 Å². The minimum absolute atomic E-state index is 0.202. The summed E-state index contributed by atoms with van der Waals surface area (Å²) in [5.41, 5.74) is 4.91. The molecule has 2 heterocycles. The van der Waals surface area contributed by atoms with Gasteiger partial charge in [0, 0.05) is 36.3 Å². The van der Waals surface area contributed by atoms with E-state index in [0.717, 1.165) is 31.8 Å². The third-order valence-corrected chi connectivity index (χ3v) is 7.28. The van der Waals surface area contributed by atoms with Crippen molar-refractivity contribution in [3.05, 3.63) is 129 Å². The smallest absolute Gasteiger partial charge is 0.269 e. The zero-order valence-corrected chi connectivity index (χ0v) is 22.9. The third-order valence-electron chi connectivity index (χ3n) is 5.98. The van der Waals surface area contributed by atoms with Crippen LogP contribution in [0.4, 0.5) is 0 Å². The fraction of sp³-hybridized carbons (Fsp3) is 0.121. The highest BCUT2D eigenvalue weighted by molar-refractivity contribution is 7.19. The van der Waals surface area contributed by atoms with E-state index in [-0.39, 0.29) is 5.91 Å². The van der Waals surface area contributed by atoms with Gasteiger partial charge in [-0.2, -0.15) is 0 Å². The van der Waals surface area contributed by atoms with Crippen molar-refractivity contribution in [2.45, 2.75) is 6.54 Å². The molecule has 4 nitrogen and oxygen atoms in total. The molecule has 0 saturated heterocycles. The Balaban J connectivity index is 1.68. The van der Waals surface area contributed by atoms with Crippen LogP contribution < -0.4 is 5.32 Å². The minimum Gasteiger partial charge on any atom is -0.383 e. The molecule has 5 rings (SSSR count). The van der Waals surface area contributed by atoms with Gasteiger partial charge in [0.05, 0.1) is 27.3 Å². The van der Waals surface area contributed by atoms with Crippen LogP contribution in [0.15, 0.2) is 91.0 Å². The fourth-order valence-corrected chi connectivity index (χ4v) is 5.41. The van der Waals surface area contributed by atoms with Gasteiger partial charge in [0.2, 0.25) is 0 Å². The van der Waals surface area contributed by atoms with Crippen LogP contribution in [0.1, 0.15) is 37.6 Å². The summed E-state index contributed by atoms with van der Waals surface area (Å²) < 4.78 is 8.09. The molecular formula is C33H25ClN2O2S. The molecule has 0 aliphatic rings. The zero-order chi connectivity index (χ0) is 27.0. The quantitative estimate of drug-likeness (QED) is 0.192. The SMILES string of the molecule is COCCNC(=O)c1c(C#Cc2ccccc2)c2sc(C#Cc3ccccc3)cc2n1Cc1cccc(Cl)c1. The summed E-state index contributed by atoms with van der Waals surface area (Å²) in [6.07, 6.45) is 0. The van der Waals surface area contributed by atoms with Crippen LogP contribution in [-0.2, 0) is 11.3 Å². The van der Waals surface area contributed by atoms with E-state index < -0.39 is 0 Å². The first kappa shape index (κ1) is 26.4. The molecule has 0 radical (unpaired) electrons. The molecule has 0 spiro atoms. The van der Waals surface area contributed by atoms with E-state index >= 15 is 0 Å². The molecule has 0 aliphatic heterocycles. The maximum Gasteiger partial charge on any atom is 0.269 e. The highest BCUT2D eigenvalue weighted by atomic mass is 35.5. The van der Waals surface area contributed by atoms with E-state index in [1.54, 1.807) is 18.4 Å². The molecule has 0 atom stereocenters. The van der Waals surface area contributed by atoms with E-state index in [1.807, 2.05) is 95.6 Å². The molecule has 6 heteroatoms. The molecule has 0 unspecified atom stereocenters. The number of methoxy groups -OCH3 is 1. The van der Waals surface area contributed by atoms with Gasteiger partial charge in [-0.15, -0.1) is 11.3 Å². The molecule has 0 fully saturated rings. The number of benzene rings is 3. The van der Waals surface area contributed by atoms with Crippen LogP contribution in [0.25, 0.3) is 10.2 Å². The number of halogens is 1. The molecule has 3 aromatic carbocycles. The normalized spacial score (nSPS) is 10.4. The molecule has 2 aromatic heterocycles. The van der Waals surface area contributed by atoms with Crippen molar-refractivity contribution in [3.63, 3.8) is 0 Å². The van der Waals surface area contributed by atoms with Crippen LogP contribution in [0.3, 0.4) is 0 Å². The lowest BCUT2D eigenvalue weighted by Crippen LogP contribution is -2.29. The highest BCUT2D eigenvalue weighted by Crippen LogP contribution is 2.34. The number of carbonyl (C=O) groups excluding carboxylic acids is 1. The van der Waals surface area contributed by atoms with E-state index in [1.165, 1.54) is 0 Å². The van der Waals surface area contributed by atoms with Crippen LogP contribution in [-0.4, -0.2) is 30.7 Å². The van der Waals surface area contributed by atoms with Crippen LogP contribution in [0, 0.1) is 23.7 Å². The number of fused-ring (bicyclic) bond motifs is 1. The molecule has 39 heavy (non-hydrogen) atoms. The van der Waals surface area contributed by atoms with Gasteiger partial charge < -0.3 is 14.6 Å². The summed E-state index contributed by atoms with van der Waals surface area (Å²) in [5, 5.41) is 3.63. The van der Waals surface area contributed by atoms with Crippen molar-refractivity contribution in [1.82, 2.24) is 9.88 Å². The van der Waals surface area contributed by atoms with Crippen molar-refractivity contribution in [2.75, 3.05) is 20.3 Å². The lowest BCUT2D eigenvalue weighted by molar-refractivity contribution is 0.0928. The number of hydrogen-bond acceptors (Lipinski definition) is 3. The maximum absolute atomic E-state index is 13.6. The monoisotopic (exact) mass is 548 g/mol. The van der Waals surface area contributed by atoms with Crippen molar-refractivity contribution in [1.29, 1.82) is 0 Å². The van der Waals surface area contributed by atoms with E-state index in [9.17, 15) is 4.79 Å². The maximum atomic E-state index is 13.6. The summed E-state index contributed by atoms with van der Waals surface area (Å²) in [7, 11) is 1.61. The third kappa shape index (κ3) is 6.42. The Morgan fingerprint density at radius 3 is 2.26 bits per heavy atom. The Kier molecular flexibility index (Phi) is 8.46. The Morgan fingerprint density at radius 2 is 1.59 bits per heavy atom. The first-order valence-electron chi connectivity index (χ1n) is 12.4. The average molecular weight is 549 g/mol. The summed E-state index contributed by atoms with van der Waals surface area (Å²) in [5.74, 6) is 12.9. The largest absolute Gasteiger partial charge is 0.383 e. The number of hydrogen-bond donors (Lipinski definition) is 1. The Hall–Kier alpha value is -4.26. The van der Waals surface area contributed by atoms with Gasteiger partial charge >= 0.3 is 0 Å². The topological polar surface area (TPSA) is 43.3 Å². The van der Waals surface area contributed by atoms with Gasteiger partial charge in [-0.1, -0.05) is 83.8 Å². The second-order valence-corrected chi connectivity index (χ2v) is 10.2. The first-order chi connectivity index (χ1) is 19.1. The molecule has 0 saturated carbocycles. The van der Waals surface area contributed by atoms with Crippen molar-refractivity contribution >= 4 is 39.1 Å². The summed E-state index contributed by atoms with van der Waals surface area (Å²) in [4.78, 5) is 14.5. The van der Waals surface area contributed by atoms with Gasteiger partial charge in [0.1, 0.15) is 5.69 Å². The Labute approximate surface area is 237 Å². The highest BCUT2D eigenvalue weighted by Gasteiger charge is 2.24. The van der Waals surface area contributed by atoms with Crippen LogP contribution in [0.5, 0.6) is 0 Å². The molecule has 0 aliphatic carbocycles. The summed E-state index contributed by atoms with van der Waals surface area (Å²) in [6.45, 7) is 1.27. The lowest BCUT2D eigenvalue weighted by Gasteiger charge is -2.12. The predicted octanol–water partition coefficient (Wildman–Crippen LogP) is 6.58. The van der Waals surface area contributed by atoms with Crippen molar-refractivity contribution in [2.24, 2.45) is 0 Å². The minimum atomic E-state index is -0.202. The van der Waals surface area contributed by atoms with Crippen LogP contribution >= 0.6 is 22.9 Å². The van der Waals surface area contributed by atoms with Gasteiger partial charge in [0.15, 0.2) is 0 Å². The van der Waals surface area contributed by atoms with E-state index in [0.29, 0.717) is 36.0 Å². The molecule has 192 valence electrons. The number of nitrogens with zero attached hydrogens (tertiary/aromatic N) is 1. The van der Waals surface area contributed by atoms with Gasteiger partial charge in [-0.3, -0.25) is 4.79 Å². The molecule has 1 N–H and O–H groups in total. The number of ether oxygens (including phenoxy) is 1.